The fraction of sp³-hybridized carbons (Fsp3) is 0.467. The molecule has 3 rings (SSSR count). The van der Waals surface area contributed by atoms with Gasteiger partial charge < -0.3 is 9.80 Å². The summed E-state index contributed by atoms with van der Waals surface area (Å²) in [6.07, 6.45) is 5.13. The van der Waals surface area contributed by atoms with Gasteiger partial charge in [0.2, 0.25) is 5.91 Å². The van der Waals surface area contributed by atoms with Crippen LogP contribution in [-0.4, -0.2) is 56.7 Å². The highest BCUT2D eigenvalue weighted by Gasteiger charge is 2.23. The van der Waals surface area contributed by atoms with Crippen molar-refractivity contribution in [3.8, 4) is 5.82 Å². The predicted octanol–water partition coefficient (Wildman–Crippen LogP) is 0.967. The Morgan fingerprint density at radius 3 is 2.50 bits per heavy atom. The average molecular weight is 300 g/mol. The normalized spacial score (nSPS) is 15.4. The molecule has 0 aliphatic carbocycles. The molecule has 22 heavy (non-hydrogen) atoms. The number of amides is 1. The summed E-state index contributed by atoms with van der Waals surface area (Å²) in [6.45, 7) is 6.92. The van der Waals surface area contributed by atoms with Crippen molar-refractivity contribution >= 4 is 11.7 Å². The minimum Gasteiger partial charge on any atom is -0.353 e. The van der Waals surface area contributed by atoms with E-state index in [4.69, 9.17) is 0 Å². The summed E-state index contributed by atoms with van der Waals surface area (Å²) < 4.78 is 1.71. The number of anilines is 1. The van der Waals surface area contributed by atoms with Gasteiger partial charge >= 0.3 is 0 Å². The molecular weight excluding hydrogens is 280 g/mol. The van der Waals surface area contributed by atoms with Crippen LogP contribution < -0.4 is 4.90 Å². The Morgan fingerprint density at radius 2 is 1.86 bits per heavy atom. The maximum absolute atomic E-state index is 12.0. The molecule has 0 atom stereocenters. The summed E-state index contributed by atoms with van der Waals surface area (Å²) in [5.74, 6) is 1.89. The van der Waals surface area contributed by atoms with Gasteiger partial charge in [-0.25, -0.2) is 14.6 Å². The average Bonchev–Trinajstić information content (AvgIpc) is 3.09. The maximum atomic E-state index is 12.0. The Morgan fingerprint density at radius 1 is 1.14 bits per heavy atom. The van der Waals surface area contributed by atoms with Gasteiger partial charge in [0.15, 0.2) is 5.82 Å². The number of hydrogen-bond acceptors (Lipinski definition) is 5. The van der Waals surface area contributed by atoms with Gasteiger partial charge in [0.25, 0.3) is 0 Å². The first-order valence-corrected chi connectivity index (χ1v) is 7.51. The lowest BCUT2D eigenvalue weighted by Gasteiger charge is -2.36. The summed E-state index contributed by atoms with van der Waals surface area (Å²) in [6, 6.07) is 3.78. The van der Waals surface area contributed by atoms with Crippen molar-refractivity contribution in [2.45, 2.75) is 13.8 Å². The highest BCUT2D eigenvalue weighted by Crippen LogP contribution is 2.16. The van der Waals surface area contributed by atoms with Crippen LogP contribution in [0.2, 0.25) is 0 Å². The van der Waals surface area contributed by atoms with E-state index in [2.05, 4.69) is 20.0 Å². The Balaban J connectivity index is 1.69. The second-order valence-corrected chi connectivity index (χ2v) is 5.65. The van der Waals surface area contributed by atoms with Crippen LogP contribution >= 0.6 is 0 Å². The van der Waals surface area contributed by atoms with E-state index >= 15 is 0 Å². The van der Waals surface area contributed by atoms with Crippen molar-refractivity contribution in [2.75, 3.05) is 31.1 Å². The molecule has 2 aromatic heterocycles. The molecule has 1 fully saturated rings. The molecule has 0 radical (unpaired) electrons. The summed E-state index contributed by atoms with van der Waals surface area (Å²) in [4.78, 5) is 24.7. The van der Waals surface area contributed by atoms with E-state index in [1.807, 2.05) is 37.1 Å². The zero-order valence-corrected chi connectivity index (χ0v) is 12.9. The molecule has 116 valence electrons. The van der Waals surface area contributed by atoms with E-state index in [-0.39, 0.29) is 11.8 Å². The Labute approximate surface area is 129 Å². The second kappa shape index (κ2) is 6.13. The first-order valence-electron chi connectivity index (χ1n) is 7.51. The van der Waals surface area contributed by atoms with Gasteiger partial charge in [0, 0.05) is 50.6 Å². The Bertz CT molecular complexity index is 631. The number of piperazine rings is 1. The van der Waals surface area contributed by atoms with E-state index in [1.54, 1.807) is 17.2 Å². The van der Waals surface area contributed by atoms with Crippen molar-refractivity contribution < 1.29 is 4.79 Å². The van der Waals surface area contributed by atoms with Gasteiger partial charge in [-0.3, -0.25) is 4.79 Å². The molecule has 1 aliphatic rings. The lowest BCUT2D eigenvalue weighted by molar-refractivity contribution is -0.134. The Kier molecular flexibility index (Phi) is 4.04. The topological polar surface area (TPSA) is 67.2 Å². The maximum Gasteiger partial charge on any atom is 0.225 e. The summed E-state index contributed by atoms with van der Waals surface area (Å²) >= 11 is 0. The van der Waals surface area contributed by atoms with E-state index in [0.717, 1.165) is 37.8 Å². The van der Waals surface area contributed by atoms with Crippen LogP contribution in [0.15, 0.2) is 30.9 Å². The van der Waals surface area contributed by atoms with E-state index in [0.29, 0.717) is 0 Å². The van der Waals surface area contributed by atoms with Gasteiger partial charge in [-0.1, -0.05) is 13.8 Å². The second-order valence-electron chi connectivity index (χ2n) is 5.65. The summed E-state index contributed by atoms with van der Waals surface area (Å²) in [7, 11) is 0. The monoisotopic (exact) mass is 300 g/mol. The molecule has 2 aromatic rings. The lowest BCUT2D eigenvalue weighted by Crippen LogP contribution is -2.50. The molecule has 0 spiro atoms. The molecule has 1 saturated heterocycles. The van der Waals surface area contributed by atoms with Crippen LogP contribution in [0.25, 0.3) is 5.82 Å². The third-order valence-corrected chi connectivity index (χ3v) is 3.79. The molecule has 0 bridgehead atoms. The van der Waals surface area contributed by atoms with Gasteiger partial charge in [0.05, 0.1) is 0 Å². The molecule has 0 N–H and O–H groups in total. The molecule has 0 aromatic carbocycles. The molecule has 1 amide bonds. The van der Waals surface area contributed by atoms with Crippen molar-refractivity contribution in [2.24, 2.45) is 5.92 Å². The molecule has 3 heterocycles. The van der Waals surface area contributed by atoms with Crippen LogP contribution in [0.5, 0.6) is 0 Å². The number of hydrogen-bond donors (Lipinski definition) is 0. The highest BCUT2D eigenvalue weighted by molar-refractivity contribution is 5.78. The summed E-state index contributed by atoms with van der Waals surface area (Å²) in [5, 5.41) is 4.18. The number of nitrogens with zero attached hydrogens (tertiary/aromatic N) is 6. The molecular formula is C15H20N6O. The van der Waals surface area contributed by atoms with Crippen molar-refractivity contribution in [1.29, 1.82) is 0 Å². The molecule has 7 heteroatoms. The van der Waals surface area contributed by atoms with Crippen LogP contribution in [0.1, 0.15) is 13.8 Å². The van der Waals surface area contributed by atoms with E-state index < -0.39 is 0 Å². The quantitative estimate of drug-likeness (QED) is 0.845. The predicted molar refractivity (Wildman–Crippen MR) is 82.8 cm³/mol. The minimum absolute atomic E-state index is 0.0528. The standard InChI is InChI=1S/C15H20N6O/c1-12(2)15(22)20-8-6-19(7-9-20)13-10-14(17-11-16-13)21-5-3-4-18-21/h3-5,10-12H,6-9H2,1-2H3. The smallest absolute Gasteiger partial charge is 0.225 e. The lowest BCUT2D eigenvalue weighted by atomic mass is 10.1. The zero-order valence-electron chi connectivity index (χ0n) is 12.9. The highest BCUT2D eigenvalue weighted by atomic mass is 16.2. The number of carbonyl (C=O) groups excluding carboxylic acids is 1. The fourth-order valence-corrected chi connectivity index (χ4v) is 2.56. The molecule has 0 unspecified atom stereocenters. The van der Waals surface area contributed by atoms with Crippen molar-refractivity contribution in [3.63, 3.8) is 0 Å². The van der Waals surface area contributed by atoms with Crippen LogP contribution in [0.3, 0.4) is 0 Å². The van der Waals surface area contributed by atoms with Gasteiger partial charge in [-0.2, -0.15) is 5.10 Å². The molecule has 7 nitrogen and oxygen atoms in total. The third-order valence-electron chi connectivity index (χ3n) is 3.79. The van der Waals surface area contributed by atoms with E-state index in [9.17, 15) is 4.79 Å². The van der Waals surface area contributed by atoms with E-state index in [1.165, 1.54) is 0 Å². The molecule has 1 aliphatic heterocycles. The van der Waals surface area contributed by atoms with Gasteiger partial charge in [0.1, 0.15) is 12.1 Å². The van der Waals surface area contributed by atoms with Gasteiger partial charge in [-0.15, -0.1) is 0 Å². The number of rotatable bonds is 3. The van der Waals surface area contributed by atoms with Crippen molar-refractivity contribution in [3.05, 3.63) is 30.9 Å². The van der Waals surface area contributed by atoms with Crippen LogP contribution in [0.4, 0.5) is 5.82 Å². The number of carbonyl (C=O) groups is 1. The Hall–Kier alpha value is -2.44. The van der Waals surface area contributed by atoms with Gasteiger partial charge in [-0.05, 0) is 6.07 Å². The first kappa shape index (κ1) is 14.5. The fourth-order valence-electron chi connectivity index (χ4n) is 2.56. The molecule has 0 saturated carbocycles. The minimum atomic E-state index is 0.0528. The SMILES string of the molecule is CC(C)C(=O)N1CCN(c2cc(-n3cccn3)ncn2)CC1. The summed E-state index contributed by atoms with van der Waals surface area (Å²) in [5.41, 5.74) is 0. The van der Waals surface area contributed by atoms with Crippen molar-refractivity contribution in [1.82, 2.24) is 24.6 Å². The largest absolute Gasteiger partial charge is 0.353 e. The third kappa shape index (κ3) is 2.93. The van der Waals surface area contributed by atoms with Crippen LogP contribution in [-0.2, 0) is 4.79 Å². The van der Waals surface area contributed by atoms with Crippen LogP contribution in [0, 0.1) is 5.92 Å². The first-order chi connectivity index (χ1) is 10.6. The number of aromatic nitrogens is 4. The zero-order chi connectivity index (χ0) is 15.5.